The number of rotatable bonds is 88. The van der Waals surface area contributed by atoms with Gasteiger partial charge in [0.15, 0.2) is 12.2 Å². The van der Waals surface area contributed by atoms with Crippen molar-refractivity contribution in [3.8, 4) is 0 Å². The molecule has 19 heteroatoms. The number of hydrogen-bond acceptors (Lipinski definition) is 15. The number of phosphoric acid groups is 2. The zero-order valence-electron chi connectivity index (χ0n) is 72.0. The highest BCUT2D eigenvalue weighted by atomic mass is 31.2. The molecule has 17 nitrogen and oxygen atoms in total. The third-order valence-electron chi connectivity index (χ3n) is 21.9. The fourth-order valence-corrected chi connectivity index (χ4v) is 15.6. The van der Waals surface area contributed by atoms with E-state index < -0.39 is 97.5 Å². The van der Waals surface area contributed by atoms with Gasteiger partial charge < -0.3 is 33.8 Å². The molecule has 0 aliphatic rings. The summed E-state index contributed by atoms with van der Waals surface area (Å²) < 4.78 is 69.0. The molecule has 0 fully saturated rings. The number of phosphoric ester groups is 2. The Hall–Kier alpha value is -1.94. The molecular formula is C90H176O17P2. The van der Waals surface area contributed by atoms with Gasteiger partial charge in [0.1, 0.15) is 19.3 Å². The summed E-state index contributed by atoms with van der Waals surface area (Å²) >= 11 is 0. The average Bonchev–Trinajstić information content (AvgIpc) is 0.899. The fraction of sp³-hybridized carbons (Fsp3) is 0.956. The van der Waals surface area contributed by atoms with Crippen LogP contribution in [0.3, 0.4) is 0 Å². The van der Waals surface area contributed by atoms with E-state index in [0.29, 0.717) is 25.7 Å². The van der Waals surface area contributed by atoms with Crippen LogP contribution in [0.1, 0.15) is 479 Å². The van der Waals surface area contributed by atoms with Crippen LogP contribution in [-0.4, -0.2) is 96.7 Å². The highest BCUT2D eigenvalue weighted by Crippen LogP contribution is 2.45. The predicted molar refractivity (Wildman–Crippen MR) is 451 cm³/mol. The first-order valence-corrected chi connectivity index (χ1v) is 49.4. The van der Waals surface area contributed by atoms with Gasteiger partial charge in [-0.3, -0.25) is 37.3 Å². The lowest BCUT2D eigenvalue weighted by atomic mass is 9.99. The molecule has 0 aromatic heterocycles. The van der Waals surface area contributed by atoms with Crippen molar-refractivity contribution in [2.45, 2.75) is 497 Å². The summed E-state index contributed by atoms with van der Waals surface area (Å²) in [7, 11) is -9.93. The quantitative estimate of drug-likeness (QED) is 0.0222. The van der Waals surface area contributed by atoms with Gasteiger partial charge >= 0.3 is 39.5 Å². The van der Waals surface area contributed by atoms with Gasteiger partial charge in [0.25, 0.3) is 0 Å². The maximum absolute atomic E-state index is 13.2. The first-order chi connectivity index (χ1) is 52.8. The largest absolute Gasteiger partial charge is 0.472 e. The van der Waals surface area contributed by atoms with Crippen molar-refractivity contribution < 1.29 is 80.2 Å². The number of hydrogen-bond donors (Lipinski definition) is 3. The molecule has 0 saturated carbocycles. The van der Waals surface area contributed by atoms with Crippen LogP contribution in [0, 0.1) is 17.8 Å². The smallest absolute Gasteiger partial charge is 0.462 e. The van der Waals surface area contributed by atoms with E-state index in [9.17, 15) is 43.2 Å². The maximum Gasteiger partial charge on any atom is 0.472 e. The number of unbranched alkanes of at least 4 members (excludes halogenated alkanes) is 54. The lowest BCUT2D eigenvalue weighted by Gasteiger charge is -2.21. The van der Waals surface area contributed by atoms with Crippen LogP contribution < -0.4 is 0 Å². The topological polar surface area (TPSA) is 237 Å². The van der Waals surface area contributed by atoms with Gasteiger partial charge in [-0.15, -0.1) is 0 Å². The van der Waals surface area contributed by atoms with E-state index >= 15 is 0 Å². The zero-order valence-corrected chi connectivity index (χ0v) is 73.8. The van der Waals surface area contributed by atoms with Crippen LogP contribution >= 0.6 is 15.6 Å². The Morgan fingerprint density at radius 1 is 0.266 bits per heavy atom. The van der Waals surface area contributed by atoms with Gasteiger partial charge in [0.05, 0.1) is 26.4 Å². The van der Waals surface area contributed by atoms with E-state index in [-0.39, 0.29) is 25.7 Å². The van der Waals surface area contributed by atoms with Crippen LogP contribution in [-0.2, 0) is 65.4 Å². The summed E-state index contributed by atoms with van der Waals surface area (Å²) in [4.78, 5) is 73.3. The molecule has 0 bridgehead atoms. The Bertz CT molecular complexity index is 2100. The molecule has 0 aromatic rings. The lowest BCUT2D eigenvalue weighted by Crippen LogP contribution is -2.30. The van der Waals surface area contributed by atoms with Gasteiger partial charge in [-0.25, -0.2) is 9.13 Å². The van der Waals surface area contributed by atoms with Crippen molar-refractivity contribution in [3.05, 3.63) is 0 Å². The molecule has 0 spiro atoms. The van der Waals surface area contributed by atoms with E-state index in [0.717, 1.165) is 114 Å². The number of esters is 4. The summed E-state index contributed by atoms with van der Waals surface area (Å²) in [6.45, 7) is 12.1. The molecule has 0 radical (unpaired) electrons. The van der Waals surface area contributed by atoms with Crippen LogP contribution in [0.4, 0.5) is 0 Å². The summed E-state index contributed by atoms with van der Waals surface area (Å²) in [5.41, 5.74) is 0. The Balaban J connectivity index is 5.22. The van der Waals surface area contributed by atoms with Crippen molar-refractivity contribution in [1.82, 2.24) is 0 Å². The number of aliphatic hydroxyl groups excluding tert-OH is 1. The molecule has 0 amide bonds. The normalized spacial score (nSPS) is 14.3. The number of aliphatic hydroxyl groups is 1. The molecule has 0 aromatic carbocycles. The lowest BCUT2D eigenvalue weighted by molar-refractivity contribution is -0.161. The van der Waals surface area contributed by atoms with Crippen molar-refractivity contribution in [1.29, 1.82) is 0 Å². The van der Waals surface area contributed by atoms with E-state index in [2.05, 4.69) is 48.5 Å². The molecule has 0 rings (SSSR count). The summed E-state index contributed by atoms with van der Waals surface area (Å²) in [5.74, 6) is 0.303. The maximum atomic E-state index is 13.2. The van der Waals surface area contributed by atoms with Crippen molar-refractivity contribution in [2.75, 3.05) is 39.6 Å². The van der Waals surface area contributed by atoms with Crippen LogP contribution in [0.2, 0.25) is 0 Å². The Labute approximate surface area is 670 Å². The SMILES string of the molecule is CCCCCCCCCCCCCCCCCCCCCC(=O)OC[C@H](COP(=O)(O)OC[C@@H](O)COP(=O)(O)OC[C@@H](COC(=O)CCCCCCCCC(C)CC)OC(=O)CCCCCCCCCCCCCCCCCC(C)C)OC(=O)CCCCCCCCCCCCCCCCCCCCC(C)CC. The minimum absolute atomic E-state index is 0.107. The molecule has 109 heavy (non-hydrogen) atoms. The second kappa shape index (κ2) is 79.9. The van der Waals surface area contributed by atoms with E-state index in [1.807, 2.05) is 0 Å². The second-order valence-corrected chi connectivity index (χ2v) is 36.2. The highest BCUT2D eigenvalue weighted by Gasteiger charge is 2.31. The van der Waals surface area contributed by atoms with Crippen LogP contribution in [0.25, 0.3) is 0 Å². The minimum Gasteiger partial charge on any atom is -0.462 e. The molecule has 7 atom stereocenters. The first-order valence-electron chi connectivity index (χ1n) is 46.4. The van der Waals surface area contributed by atoms with Gasteiger partial charge in [-0.05, 0) is 43.4 Å². The van der Waals surface area contributed by atoms with E-state index in [4.69, 9.17) is 37.0 Å². The standard InChI is InChI=1S/C90H176O17P2/c1-8-11-12-13-14-15-16-17-18-19-20-24-29-34-39-44-49-57-64-71-87(92)100-77-85(106-89(94)73-66-59-50-45-40-35-30-25-22-21-23-28-33-38-43-48-55-62-69-82(6)9-2)79-104-108(96,97)102-75-84(91)76-103-109(98,99)105-80-86(78-101-88(93)72-65-58-53-52-56-63-70-83(7)10-3)107-90(95)74-67-60-51-46-41-36-31-26-27-32-37-42-47-54-61-68-81(4)5/h81-86,91H,8-80H2,1-7H3,(H,96,97)(H,98,99)/t82?,83?,84-,85-,86-/m1/s1. The molecule has 648 valence electrons. The fourth-order valence-electron chi connectivity index (χ4n) is 14.0. The number of carbonyl (C=O) groups excluding carboxylic acids is 4. The van der Waals surface area contributed by atoms with Crippen molar-refractivity contribution >= 4 is 39.5 Å². The first kappa shape index (κ1) is 107. The molecule has 0 heterocycles. The molecule has 3 N–H and O–H groups in total. The van der Waals surface area contributed by atoms with Crippen LogP contribution in [0.5, 0.6) is 0 Å². The summed E-state index contributed by atoms with van der Waals surface area (Å²) in [6, 6.07) is 0. The average molecular weight is 1590 g/mol. The molecule has 0 aliphatic carbocycles. The minimum atomic E-state index is -4.97. The van der Waals surface area contributed by atoms with E-state index in [1.165, 1.54) is 283 Å². The number of ether oxygens (including phenoxy) is 4. The van der Waals surface area contributed by atoms with Crippen LogP contribution in [0.15, 0.2) is 0 Å². The molecule has 0 aliphatic heterocycles. The zero-order chi connectivity index (χ0) is 80.0. The van der Waals surface area contributed by atoms with Gasteiger partial charge in [0, 0.05) is 25.7 Å². The van der Waals surface area contributed by atoms with Crippen molar-refractivity contribution in [2.24, 2.45) is 17.8 Å². The predicted octanol–water partition coefficient (Wildman–Crippen LogP) is 27.6. The summed E-state index contributed by atoms with van der Waals surface area (Å²) in [5, 5.41) is 10.7. The monoisotopic (exact) mass is 1590 g/mol. The van der Waals surface area contributed by atoms with Gasteiger partial charge in [-0.2, -0.15) is 0 Å². The number of carbonyl (C=O) groups is 4. The Morgan fingerprint density at radius 2 is 0.468 bits per heavy atom. The Morgan fingerprint density at radius 3 is 0.697 bits per heavy atom. The third kappa shape index (κ3) is 81.0. The van der Waals surface area contributed by atoms with E-state index in [1.54, 1.807) is 0 Å². The van der Waals surface area contributed by atoms with Gasteiger partial charge in [-0.1, -0.05) is 427 Å². The highest BCUT2D eigenvalue weighted by molar-refractivity contribution is 7.47. The summed E-state index contributed by atoms with van der Waals surface area (Å²) in [6.07, 6.45) is 72.3. The Kier molecular flexibility index (Phi) is 78.5. The third-order valence-corrected chi connectivity index (χ3v) is 23.8. The second-order valence-electron chi connectivity index (χ2n) is 33.3. The molecule has 0 saturated heterocycles. The van der Waals surface area contributed by atoms with Crippen molar-refractivity contribution in [3.63, 3.8) is 0 Å². The molecular weight excluding hydrogens is 1410 g/mol. The van der Waals surface area contributed by atoms with Gasteiger partial charge in [0.2, 0.25) is 0 Å². The molecule has 4 unspecified atom stereocenters.